The average Bonchev–Trinajstić information content (AvgIpc) is 2.25. The smallest absolute Gasteiger partial charge is 0.269 e. The van der Waals surface area contributed by atoms with Gasteiger partial charge in [0.15, 0.2) is 0 Å². The Morgan fingerprint density at radius 3 is 2.65 bits per heavy atom. The van der Waals surface area contributed by atoms with Crippen LogP contribution in [-0.2, 0) is 0 Å². The highest BCUT2D eigenvalue weighted by atomic mass is 35.5. The monoisotopic (exact) mass is 254 g/mol. The van der Waals surface area contributed by atoms with Crippen LogP contribution in [0.1, 0.15) is 38.2 Å². The van der Waals surface area contributed by atoms with E-state index in [4.69, 9.17) is 11.6 Å². The van der Waals surface area contributed by atoms with Gasteiger partial charge in [-0.15, -0.1) is 0 Å². The van der Waals surface area contributed by atoms with E-state index in [1.54, 1.807) is 18.2 Å². The van der Waals surface area contributed by atoms with Crippen molar-refractivity contribution in [3.8, 4) is 0 Å². The number of carbonyl (C=O) groups excluding carboxylic acids is 1. The number of amides is 1. The lowest BCUT2D eigenvalue weighted by Gasteiger charge is -2.29. The second-order valence-electron chi connectivity index (χ2n) is 5.17. The Balaban J connectivity index is 2.62. The van der Waals surface area contributed by atoms with Gasteiger partial charge in [-0.2, -0.15) is 0 Å². The van der Waals surface area contributed by atoms with E-state index in [9.17, 15) is 4.79 Å². The SMILES string of the molecule is CC(C)C(C)(C)CNC(=O)c1cccc(Cl)n1. The third-order valence-electron chi connectivity index (χ3n) is 3.22. The predicted octanol–water partition coefficient (Wildman–Crippen LogP) is 3.15. The molecular weight excluding hydrogens is 236 g/mol. The minimum atomic E-state index is -0.179. The number of nitrogens with zero attached hydrogens (tertiary/aromatic N) is 1. The minimum absolute atomic E-state index is 0.0637. The minimum Gasteiger partial charge on any atom is -0.350 e. The van der Waals surface area contributed by atoms with E-state index in [2.05, 4.69) is 38.0 Å². The molecule has 0 aliphatic heterocycles. The molecule has 0 saturated carbocycles. The van der Waals surface area contributed by atoms with Crippen molar-refractivity contribution in [2.24, 2.45) is 11.3 Å². The largest absolute Gasteiger partial charge is 0.350 e. The van der Waals surface area contributed by atoms with Gasteiger partial charge in [0.25, 0.3) is 5.91 Å². The normalized spacial score (nSPS) is 11.6. The molecular formula is C13H19ClN2O. The molecule has 3 nitrogen and oxygen atoms in total. The van der Waals surface area contributed by atoms with E-state index in [1.165, 1.54) is 0 Å². The molecule has 0 atom stereocenters. The molecule has 0 aromatic carbocycles. The summed E-state index contributed by atoms with van der Waals surface area (Å²) in [6.45, 7) is 9.16. The number of hydrogen-bond donors (Lipinski definition) is 1. The van der Waals surface area contributed by atoms with Crippen LogP contribution in [0.2, 0.25) is 5.15 Å². The predicted molar refractivity (Wildman–Crippen MR) is 70.2 cm³/mol. The summed E-state index contributed by atoms with van der Waals surface area (Å²) in [5.41, 5.74) is 0.422. The third kappa shape index (κ3) is 4.00. The zero-order chi connectivity index (χ0) is 13.1. The van der Waals surface area contributed by atoms with Crippen molar-refractivity contribution in [2.45, 2.75) is 27.7 Å². The van der Waals surface area contributed by atoms with Crippen molar-refractivity contribution in [3.63, 3.8) is 0 Å². The van der Waals surface area contributed by atoms with E-state index >= 15 is 0 Å². The maximum Gasteiger partial charge on any atom is 0.269 e. The van der Waals surface area contributed by atoms with Crippen molar-refractivity contribution in [1.82, 2.24) is 10.3 Å². The molecule has 0 fully saturated rings. The van der Waals surface area contributed by atoms with Crippen molar-refractivity contribution >= 4 is 17.5 Å². The molecule has 1 N–H and O–H groups in total. The maximum atomic E-state index is 11.8. The van der Waals surface area contributed by atoms with Crippen molar-refractivity contribution in [3.05, 3.63) is 29.0 Å². The lowest BCUT2D eigenvalue weighted by Crippen LogP contribution is -2.37. The van der Waals surface area contributed by atoms with Crippen LogP contribution in [0.25, 0.3) is 0 Å². The van der Waals surface area contributed by atoms with Gasteiger partial charge < -0.3 is 5.32 Å². The van der Waals surface area contributed by atoms with Gasteiger partial charge in [0.2, 0.25) is 0 Å². The Morgan fingerprint density at radius 2 is 2.12 bits per heavy atom. The fourth-order valence-electron chi connectivity index (χ4n) is 1.14. The highest BCUT2D eigenvalue weighted by Crippen LogP contribution is 2.24. The molecule has 1 rings (SSSR count). The number of hydrogen-bond acceptors (Lipinski definition) is 2. The first kappa shape index (κ1) is 14.0. The summed E-state index contributed by atoms with van der Waals surface area (Å²) in [6.07, 6.45) is 0. The van der Waals surface area contributed by atoms with Gasteiger partial charge in [0.1, 0.15) is 10.8 Å². The van der Waals surface area contributed by atoms with Crippen molar-refractivity contribution in [1.29, 1.82) is 0 Å². The molecule has 1 amide bonds. The fourth-order valence-corrected chi connectivity index (χ4v) is 1.30. The number of halogens is 1. The van der Waals surface area contributed by atoms with E-state index in [-0.39, 0.29) is 11.3 Å². The van der Waals surface area contributed by atoms with Crippen LogP contribution in [0.15, 0.2) is 18.2 Å². The quantitative estimate of drug-likeness (QED) is 0.839. The van der Waals surface area contributed by atoms with Crippen molar-refractivity contribution < 1.29 is 4.79 Å². The summed E-state index contributed by atoms with van der Waals surface area (Å²) >= 11 is 5.74. The molecule has 1 heterocycles. The van der Waals surface area contributed by atoms with Crippen LogP contribution in [0, 0.1) is 11.3 Å². The summed E-state index contributed by atoms with van der Waals surface area (Å²) in [4.78, 5) is 15.8. The van der Waals surface area contributed by atoms with Crippen LogP contribution >= 0.6 is 11.6 Å². The number of pyridine rings is 1. The van der Waals surface area contributed by atoms with Gasteiger partial charge in [-0.1, -0.05) is 45.4 Å². The molecule has 0 aliphatic carbocycles. The Kier molecular flexibility index (Phi) is 4.52. The van der Waals surface area contributed by atoms with E-state index in [0.29, 0.717) is 23.3 Å². The molecule has 0 spiro atoms. The molecule has 17 heavy (non-hydrogen) atoms. The Labute approximate surface area is 108 Å². The third-order valence-corrected chi connectivity index (χ3v) is 3.43. The van der Waals surface area contributed by atoms with Gasteiger partial charge in [0.05, 0.1) is 0 Å². The zero-order valence-corrected chi connectivity index (χ0v) is 11.5. The van der Waals surface area contributed by atoms with Crippen LogP contribution in [0.4, 0.5) is 0 Å². The second-order valence-corrected chi connectivity index (χ2v) is 5.56. The van der Waals surface area contributed by atoms with Gasteiger partial charge in [0, 0.05) is 6.54 Å². The molecule has 0 unspecified atom stereocenters. The zero-order valence-electron chi connectivity index (χ0n) is 10.7. The number of rotatable bonds is 4. The maximum absolute atomic E-state index is 11.8. The van der Waals surface area contributed by atoms with Gasteiger partial charge in [-0.25, -0.2) is 4.98 Å². The van der Waals surface area contributed by atoms with Crippen LogP contribution in [0.5, 0.6) is 0 Å². The van der Waals surface area contributed by atoms with Crippen molar-refractivity contribution in [2.75, 3.05) is 6.54 Å². The summed E-state index contributed by atoms with van der Waals surface area (Å²) in [5, 5.41) is 3.22. The van der Waals surface area contributed by atoms with Gasteiger partial charge >= 0.3 is 0 Å². The van der Waals surface area contributed by atoms with Crippen LogP contribution < -0.4 is 5.32 Å². The lowest BCUT2D eigenvalue weighted by atomic mass is 9.81. The Hall–Kier alpha value is -1.09. The van der Waals surface area contributed by atoms with E-state index in [0.717, 1.165) is 0 Å². The Morgan fingerprint density at radius 1 is 1.47 bits per heavy atom. The summed E-state index contributed by atoms with van der Waals surface area (Å²) in [6, 6.07) is 5.03. The topological polar surface area (TPSA) is 42.0 Å². The molecule has 1 aromatic rings. The van der Waals surface area contributed by atoms with Gasteiger partial charge in [-0.05, 0) is 23.5 Å². The number of nitrogens with one attached hydrogen (secondary N) is 1. The average molecular weight is 255 g/mol. The first-order chi connectivity index (χ1) is 7.83. The molecule has 1 aromatic heterocycles. The first-order valence-electron chi connectivity index (χ1n) is 5.73. The second kappa shape index (κ2) is 5.50. The molecule has 4 heteroatoms. The summed E-state index contributed by atoms with van der Waals surface area (Å²) in [5.74, 6) is 0.316. The standard InChI is InChI=1S/C13H19ClN2O/c1-9(2)13(3,4)8-15-12(17)10-6-5-7-11(14)16-10/h5-7,9H,8H2,1-4H3,(H,15,17). The highest BCUT2D eigenvalue weighted by molar-refractivity contribution is 6.29. The summed E-state index contributed by atoms with van der Waals surface area (Å²) in [7, 11) is 0. The molecule has 0 radical (unpaired) electrons. The fraction of sp³-hybridized carbons (Fsp3) is 0.538. The van der Waals surface area contributed by atoms with Crippen LogP contribution in [-0.4, -0.2) is 17.4 Å². The molecule has 0 aliphatic rings. The number of carbonyl (C=O) groups is 1. The molecule has 0 bridgehead atoms. The van der Waals surface area contributed by atoms with E-state index in [1.807, 2.05) is 0 Å². The highest BCUT2D eigenvalue weighted by Gasteiger charge is 2.23. The Bertz CT molecular complexity index is 402. The van der Waals surface area contributed by atoms with Crippen LogP contribution in [0.3, 0.4) is 0 Å². The molecule has 0 saturated heterocycles. The lowest BCUT2D eigenvalue weighted by molar-refractivity contribution is 0.0920. The molecule has 94 valence electrons. The van der Waals surface area contributed by atoms with E-state index < -0.39 is 0 Å². The first-order valence-corrected chi connectivity index (χ1v) is 6.11. The van der Waals surface area contributed by atoms with Gasteiger partial charge in [-0.3, -0.25) is 4.79 Å². The summed E-state index contributed by atoms with van der Waals surface area (Å²) < 4.78 is 0. The number of aromatic nitrogens is 1.